The summed E-state index contributed by atoms with van der Waals surface area (Å²) in [5, 5.41) is 8.76. The second kappa shape index (κ2) is 7.73. The van der Waals surface area contributed by atoms with E-state index in [1.807, 2.05) is 6.07 Å². The highest BCUT2D eigenvalue weighted by atomic mass is 35.5. The molecule has 0 N–H and O–H groups in total. The van der Waals surface area contributed by atoms with Crippen LogP contribution in [0.3, 0.4) is 0 Å². The van der Waals surface area contributed by atoms with Gasteiger partial charge in [0.15, 0.2) is 0 Å². The molecule has 0 spiro atoms. The van der Waals surface area contributed by atoms with Crippen LogP contribution in [0.5, 0.6) is 0 Å². The lowest BCUT2D eigenvalue weighted by atomic mass is 9.98. The van der Waals surface area contributed by atoms with E-state index >= 15 is 0 Å². The number of alkyl halides is 1. The van der Waals surface area contributed by atoms with Crippen molar-refractivity contribution < 1.29 is 9.53 Å². The molecule has 0 atom stereocenters. The average molecular weight is 266 g/mol. The molecule has 0 fully saturated rings. The average Bonchev–Trinajstić information content (AvgIpc) is 2.38. The van der Waals surface area contributed by atoms with Crippen LogP contribution in [0.1, 0.15) is 34.8 Å². The molecule has 0 aliphatic carbocycles. The first-order chi connectivity index (χ1) is 8.72. The number of rotatable bonds is 6. The Morgan fingerprint density at radius 1 is 1.44 bits per heavy atom. The van der Waals surface area contributed by atoms with Gasteiger partial charge in [-0.05, 0) is 43.0 Å². The molecule has 0 radical (unpaired) electrons. The van der Waals surface area contributed by atoms with Gasteiger partial charge in [0.05, 0.1) is 24.7 Å². The van der Waals surface area contributed by atoms with E-state index in [1.165, 1.54) is 0 Å². The summed E-state index contributed by atoms with van der Waals surface area (Å²) in [5.41, 5.74) is 2.49. The summed E-state index contributed by atoms with van der Waals surface area (Å²) >= 11 is 5.68. The van der Waals surface area contributed by atoms with Gasteiger partial charge < -0.3 is 4.74 Å². The van der Waals surface area contributed by atoms with Crippen molar-refractivity contribution in [3.63, 3.8) is 0 Å². The maximum atomic E-state index is 11.6. The van der Waals surface area contributed by atoms with E-state index in [1.54, 1.807) is 19.1 Å². The molecule has 1 aromatic carbocycles. The first-order valence-electron chi connectivity index (χ1n) is 5.94. The monoisotopic (exact) mass is 265 g/mol. The van der Waals surface area contributed by atoms with Crippen molar-refractivity contribution in [1.29, 1.82) is 5.26 Å². The van der Waals surface area contributed by atoms with Gasteiger partial charge in [-0.1, -0.05) is 6.07 Å². The zero-order chi connectivity index (χ0) is 13.4. The lowest BCUT2D eigenvalue weighted by Gasteiger charge is -2.09. The molecule has 96 valence electrons. The normalized spacial score (nSPS) is 9.83. The first kappa shape index (κ1) is 14.5. The van der Waals surface area contributed by atoms with Gasteiger partial charge in [-0.25, -0.2) is 4.79 Å². The van der Waals surface area contributed by atoms with E-state index in [2.05, 4.69) is 6.07 Å². The van der Waals surface area contributed by atoms with Gasteiger partial charge in [0, 0.05) is 5.88 Å². The van der Waals surface area contributed by atoms with Crippen LogP contribution < -0.4 is 0 Å². The third kappa shape index (κ3) is 4.05. The number of nitriles is 1. The van der Waals surface area contributed by atoms with Gasteiger partial charge in [0.25, 0.3) is 0 Å². The smallest absolute Gasteiger partial charge is 0.338 e. The Bertz CT molecular complexity index is 452. The first-order valence-corrected chi connectivity index (χ1v) is 6.48. The number of halogens is 1. The van der Waals surface area contributed by atoms with Crippen molar-refractivity contribution >= 4 is 17.6 Å². The van der Waals surface area contributed by atoms with Crippen LogP contribution in [-0.4, -0.2) is 18.5 Å². The molecule has 0 amide bonds. The molecular weight excluding hydrogens is 250 g/mol. The highest BCUT2D eigenvalue weighted by Crippen LogP contribution is 2.16. The van der Waals surface area contributed by atoms with Gasteiger partial charge >= 0.3 is 5.97 Å². The minimum Gasteiger partial charge on any atom is -0.462 e. The predicted octanol–water partition coefficient (Wildman–Crippen LogP) is 3.10. The lowest BCUT2D eigenvalue weighted by molar-refractivity contribution is 0.0526. The summed E-state index contributed by atoms with van der Waals surface area (Å²) in [6, 6.07) is 7.45. The minimum atomic E-state index is -0.326. The fraction of sp³-hybridized carbons (Fsp3) is 0.429. The van der Waals surface area contributed by atoms with Gasteiger partial charge in [0.2, 0.25) is 0 Å². The highest BCUT2D eigenvalue weighted by molar-refractivity contribution is 6.17. The molecule has 3 nitrogen and oxygen atoms in total. The van der Waals surface area contributed by atoms with Gasteiger partial charge in [0.1, 0.15) is 0 Å². The van der Waals surface area contributed by atoms with Gasteiger partial charge in [-0.15, -0.1) is 11.6 Å². The molecule has 0 heterocycles. The summed E-state index contributed by atoms with van der Waals surface area (Å²) in [7, 11) is 0. The van der Waals surface area contributed by atoms with Crippen molar-refractivity contribution in [2.75, 3.05) is 12.5 Å². The molecular formula is C14H16ClNO2. The molecule has 0 aromatic heterocycles. The van der Waals surface area contributed by atoms with Crippen LogP contribution in [0, 0.1) is 11.3 Å². The maximum Gasteiger partial charge on any atom is 0.338 e. The topological polar surface area (TPSA) is 50.1 Å². The van der Waals surface area contributed by atoms with E-state index in [-0.39, 0.29) is 5.97 Å². The third-order valence-electron chi connectivity index (χ3n) is 2.57. The molecule has 0 aliphatic rings. The summed E-state index contributed by atoms with van der Waals surface area (Å²) in [6.45, 7) is 2.13. The third-order valence-corrected chi connectivity index (χ3v) is 2.83. The Morgan fingerprint density at radius 2 is 2.22 bits per heavy atom. The van der Waals surface area contributed by atoms with E-state index < -0.39 is 0 Å². The summed E-state index contributed by atoms with van der Waals surface area (Å²) in [4.78, 5) is 11.6. The van der Waals surface area contributed by atoms with E-state index in [0.717, 1.165) is 24.0 Å². The second-order valence-corrected chi connectivity index (χ2v) is 4.21. The summed E-state index contributed by atoms with van der Waals surface area (Å²) in [5.74, 6) is 0.239. The molecule has 4 heteroatoms. The molecule has 18 heavy (non-hydrogen) atoms. The van der Waals surface area contributed by atoms with Crippen LogP contribution in [0.25, 0.3) is 0 Å². The number of nitrogens with zero attached hydrogens (tertiary/aromatic N) is 1. The Kier molecular flexibility index (Phi) is 6.24. The number of esters is 1. The summed E-state index contributed by atoms with van der Waals surface area (Å²) in [6.07, 6.45) is 1.95. The molecule has 0 bridgehead atoms. The number of benzene rings is 1. The largest absolute Gasteiger partial charge is 0.462 e. The Balaban J connectivity index is 2.97. The van der Waals surface area contributed by atoms with Crippen LogP contribution >= 0.6 is 11.6 Å². The quantitative estimate of drug-likeness (QED) is 0.587. The highest BCUT2D eigenvalue weighted by Gasteiger charge is 2.10. The fourth-order valence-corrected chi connectivity index (χ4v) is 1.85. The molecule has 0 unspecified atom stereocenters. The van der Waals surface area contributed by atoms with Crippen LogP contribution in [0.2, 0.25) is 0 Å². The number of ether oxygens (including phenoxy) is 1. The van der Waals surface area contributed by atoms with Gasteiger partial charge in [-0.2, -0.15) is 5.26 Å². The molecule has 0 saturated heterocycles. The SMILES string of the molecule is CCOC(=O)c1ccc(CC#N)c(CCCCl)c1. The van der Waals surface area contributed by atoms with Gasteiger partial charge in [-0.3, -0.25) is 0 Å². The van der Waals surface area contributed by atoms with Crippen molar-refractivity contribution in [1.82, 2.24) is 0 Å². The maximum absolute atomic E-state index is 11.6. The zero-order valence-electron chi connectivity index (χ0n) is 10.4. The Morgan fingerprint density at radius 3 is 2.83 bits per heavy atom. The van der Waals surface area contributed by atoms with Crippen molar-refractivity contribution in [2.45, 2.75) is 26.2 Å². The number of hydrogen-bond donors (Lipinski definition) is 0. The van der Waals surface area contributed by atoms with Crippen LogP contribution in [0.4, 0.5) is 0 Å². The van der Waals surface area contributed by atoms with E-state index in [0.29, 0.717) is 24.5 Å². The van der Waals surface area contributed by atoms with E-state index in [4.69, 9.17) is 21.6 Å². The Labute approximate surface area is 112 Å². The number of hydrogen-bond acceptors (Lipinski definition) is 3. The predicted molar refractivity (Wildman–Crippen MR) is 70.8 cm³/mol. The molecule has 0 saturated carbocycles. The van der Waals surface area contributed by atoms with Crippen molar-refractivity contribution in [3.05, 3.63) is 34.9 Å². The zero-order valence-corrected chi connectivity index (χ0v) is 11.2. The summed E-state index contributed by atoms with van der Waals surface area (Å²) < 4.78 is 4.96. The number of aryl methyl sites for hydroxylation is 1. The van der Waals surface area contributed by atoms with Crippen molar-refractivity contribution in [2.24, 2.45) is 0 Å². The number of carbonyl (C=O) groups excluding carboxylic acids is 1. The van der Waals surface area contributed by atoms with E-state index in [9.17, 15) is 4.79 Å². The fourth-order valence-electron chi connectivity index (χ4n) is 1.71. The molecule has 0 aliphatic heterocycles. The Hall–Kier alpha value is -1.53. The van der Waals surface area contributed by atoms with Crippen LogP contribution in [-0.2, 0) is 17.6 Å². The standard InChI is InChI=1S/C14H16ClNO2/c1-2-18-14(17)13-6-5-11(7-9-16)12(10-13)4-3-8-15/h5-6,10H,2-4,7-8H2,1H3. The van der Waals surface area contributed by atoms with Crippen molar-refractivity contribution in [3.8, 4) is 6.07 Å². The number of carbonyl (C=O) groups is 1. The second-order valence-electron chi connectivity index (χ2n) is 3.83. The minimum absolute atomic E-state index is 0.326. The lowest BCUT2D eigenvalue weighted by Crippen LogP contribution is -2.06. The molecule has 1 aromatic rings. The van der Waals surface area contributed by atoms with Crippen LogP contribution in [0.15, 0.2) is 18.2 Å². The molecule has 1 rings (SSSR count).